The summed E-state index contributed by atoms with van der Waals surface area (Å²) in [4.78, 5) is 26.1. The standard InChI is InChI=1S/C26H34F3N5O2/c1-19-16-33(25(2)8-10-32(11-9-25)24(35)21-14-30-18-31-15-21)12-13-34(19)23(17-36-3)20-4-6-22(7-5-20)26(27,28)29/h4-7,14-15,18-19,23H,8-13,16-17H2,1-3H3/t19-,23+/m0/s1/i3D3,14D,15D,23D. The molecule has 0 spiro atoms. The Hall–Kier alpha value is -2.56. The minimum atomic E-state index is -4.55. The first-order valence-corrected chi connectivity index (χ1v) is 11.9. The molecule has 0 N–H and O–H groups in total. The van der Waals surface area contributed by atoms with Crippen LogP contribution >= 0.6 is 0 Å². The van der Waals surface area contributed by atoms with Gasteiger partial charge in [0.05, 0.1) is 32.0 Å². The SMILES string of the molecule is [2H]c1ncnc([2H])c1C(=O)N1CCC(C)(N2CCN([C@]([2H])(COC([2H])([2H])[2H])c3ccc(C(F)(F)F)cc3)[C@@H](C)C2)CC1. The fourth-order valence-corrected chi connectivity index (χ4v) is 5.10. The maximum atomic E-state index is 13.2. The largest absolute Gasteiger partial charge is 0.416 e. The lowest BCUT2D eigenvalue weighted by Gasteiger charge is -2.52. The van der Waals surface area contributed by atoms with Crippen molar-refractivity contribution in [2.45, 2.75) is 50.5 Å². The van der Waals surface area contributed by atoms with Gasteiger partial charge in [-0.25, -0.2) is 9.97 Å². The number of hydrogen-bond donors (Lipinski definition) is 0. The van der Waals surface area contributed by atoms with Crippen LogP contribution in [0.2, 0.25) is 0 Å². The van der Waals surface area contributed by atoms with Crippen LogP contribution in [-0.4, -0.2) is 88.5 Å². The Bertz CT molecular complexity index is 1250. The number of aromatic nitrogens is 2. The highest BCUT2D eigenvalue weighted by Gasteiger charge is 2.41. The molecule has 2 aliphatic heterocycles. The van der Waals surface area contributed by atoms with Gasteiger partial charge in [-0.15, -0.1) is 0 Å². The summed E-state index contributed by atoms with van der Waals surface area (Å²) in [5, 5.41) is 0. The highest BCUT2D eigenvalue weighted by Crippen LogP contribution is 2.35. The van der Waals surface area contributed by atoms with E-state index in [9.17, 15) is 19.3 Å². The molecule has 1 aromatic heterocycles. The molecule has 7 nitrogen and oxygen atoms in total. The maximum absolute atomic E-state index is 13.2. The third-order valence-electron chi connectivity index (χ3n) is 7.30. The molecule has 0 unspecified atom stereocenters. The number of halogens is 3. The molecule has 10 heteroatoms. The number of amides is 1. The van der Waals surface area contributed by atoms with Gasteiger partial charge in [0, 0.05) is 63.7 Å². The second-order valence-electron chi connectivity index (χ2n) is 9.56. The van der Waals surface area contributed by atoms with Gasteiger partial charge in [-0.3, -0.25) is 14.6 Å². The molecular weight excluding hydrogens is 471 g/mol. The van der Waals surface area contributed by atoms with Crippen molar-refractivity contribution in [3.63, 3.8) is 0 Å². The number of rotatable bonds is 6. The topological polar surface area (TPSA) is 61.8 Å². The highest BCUT2D eigenvalue weighted by molar-refractivity contribution is 5.93. The third-order valence-corrected chi connectivity index (χ3v) is 7.30. The molecule has 4 rings (SSSR count). The predicted octanol–water partition coefficient (Wildman–Crippen LogP) is 3.88. The van der Waals surface area contributed by atoms with Gasteiger partial charge >= 0.3 is 6.18 Å². The van der Waals surface area contributed by atoms with E-state index >= 15 is 0 Å². The van der Waals surface area contributed by atoms with Gasteiger partial charge in [0.1, 0.15) is 6.33 Å². The maximum Gasteiger partial charge on any atom is 0.416 e. The average Bonchev–Trinajstić information content (AvgIpc) is 2.91. The molecule has 36 heavy (non-hydrogen) atoms. The van der Waals surface area contributed by atoms with Crippen LogP contribution in [-0.2, 0) is 10.9 Å². The van der Waals surface area contributed by atoms with Gasteiger partial charge in [-0.2, -0.15) is 13.2 Å². The van der Waals surface area contributed by atoms with E-state index in [0.29, 0.717) is 45.6 Å². The summed E-state index contributed by atoms with van der Waals surface area (Å²) in [5.74, 6) is -0.448. The van der Waals surface area contributed by atoms with Crippen LogP contribution < -0.4 is 0 Å². The fourth-order valence-electron chi connectivity index (χ4n) is 5.10. The summed E-state index contributed by atoms with van der Waals surface area (Å²) in [5.41, 5.74) is -1.09. The smallest absolute Gasteiger partial charge is 0.383 e. The van der Waals surface area contributed by atoms with Crippen LogP contribution in [0.4, 0.5) is 13.2 Å². The second kappa shape index (κ2) is 10.8. The molecule has 2 aromatic rings. The Morgan fingerprint density at radius 1 is 1.22 bits per heavy atom. The quantitative estimate of drug-likeness (QED) is 0.587. The number of ether oxygens (including phenoxy) is 1. The molecule has 2 aliphatic rings. The van der Waals surface area contributed by atoms with Crippen LogP contribution in [0.15, 0.2) is 42.9 Å². The van der Waals surface area contributed by atoms with Crippen LogP contribution in [0.3, 0.4) is 0 Å². The minimum absolute atomic E-state index is 0.127. The first-order chi connectivity index (χ1) is 19.4. The number of benzene rings is 1. The number of hydrogen-bond acceptors (Lipinski definition) is 6. The second-order valence-corrected chi connectivity index (χ2v) is 9.56. The van der Waals surface area contributed by atoms with Gasteiger partial charge in [-0.1, -0.05) is 12.1 Å². The van der Waals surface area contributed by atoms with Gasteiger partial charge < -0.3 is 9.64 Å². The van der Waals surface area contributed by atoms with Crippen LogP contribution in [0, 0.1) is 0 Å². The van der Waals surface area contributed by atoms with E-state index in [4.69, 9.17) is 11.6 Å². The van der Waals surface area contributed by atoms with Gasteiger partial charge in [0.15, 0.2) is 0 Å². The van der Waals surface area contributed by atoms with E-state index in [0.717, 1.165) is 18.5 Å². The summed E-state index contributed by atoms with van der Waals surface area (Å²) in [6.07, 6.45) is -2.80. The molecule has 0 radical (unpaired) electrons. The Labute approximate surface area is 218 Å². The zero-order chi connectivity index (χ0) is 31.1. The number of piperazine rings is 1. The molecule has 2 fully saturated rings. The van der Waals surface area contributed by atoms with E-state index in [2.05, 4.69) is 21.8 Å². The summed E-state index contributed by atoms with van der Waals surface area (Å²) in [7, 11) is -2.78. The lowest BCUT2D eigenvalue weighted by atomic mass is 9.86. The van der Waals surface area contributed by atoms with Gasteiger partial charge in [-0.05, 0) is 44.4 Å². The van der Waals surface area contributed by atoms with E-state index < -0.39 is 37.3 Å². The average molecular weight is 512 g/mol. The zero-order valence-electron chi connectivity index (χ0n) is 26.3. The first-order valence-electron chi connectivity index (χ1n) is 14.9. The van der Waals surface area contributed by atoms with E-state index in [1.54, 1.807) is 9.80 Å². The van der Waals surface area contributed by atoms with Crippen LogP contribution in [0.1, 0.15) is 62.4 Å². The lowest BCUT2D eigenvalue weighted by Crippen LogP contribution is -2.62. The number of likely N-dealkylation sites (tertiary alicyclic amines) is 1. The van der Waals surface area contributed by atoms with Crippen molar-refractivity contribution in [1.82, 2.24) is 24.7 Å². The number of alkyl halides is 3. The number of nitrogens with zero attached hydrogens (tertiary/aromatic N) is 5. The van der Waals surface area contributed by atoms with Crippen molar-refractivity contribution in [2.24, 2.45) is 0 Å². The number of carbonyl (C=O) groups excluding carboxylic acids is 1. The fraction of sp³-hybridized carbons (Fsp3) is 0.577. The van der Waals surface area contributed by atoms with Crippen molar-refractivity contribution in [1.29, 1.82) is 0 Å². The van der Waals surface area contributed by atoms with Gasteiger partial charge in [0.2, 0.25) is 0 Å². The number of piperidine rings is 1. The summed E-state index contributed by atoms with van der Waals surface area (Å²) in [6.45, 7) is 5.56. The van der Waals surface area contributed by atoms with Crippen molar-refractivity contribution in [3.8, 4) is 0 Å². The highest BCUT2D eigenvalue weighted by atomic mass is 19.4. The molecule has 1 amide bonds. The molecule has 196 valence electrons. The van der Waals surface area contributed by atoms with Crippen molar-refractivity contribution >= 4 is 5.91 Å². The Balaban J connectivity index is 1.48. The summed E-state index contributed by atoms with van der Waals surface area (Å²) in [6, 6.07) is 2.15. The zero-order valence-corrected chi connectivity index (χ0v) is 20.3. The van der Waals surface area contributed by atoms with Crippen molar-refractivity contribution in [3.05, 3.63) is 59.6 Å². The molecule has 2 atom stereocenters. The van der Waals surface area contributed by atoms with E-state index in [1.807, 2.05) is 6.92 Å². The van der Waals surface area contributed by atoms with Crippen molar-refractivity contribution in [2.75, 3.05) is 46.4 Å². The number of carbonyl (C=O) groups is 1. The summed E-state index contributed by atoms with van der Waals surface area (Å²) < 4.78 is 92.1. The Morgan fingerprint density at radius 2 is 1.89 bits per heavy atom. The Morgan fingerprint density at radius 3 is 2.47 bits per heavy atom. The lowest BCUT2D eigenvalue weighted by molar-refractivity contribution is -0.137. The minimum Gasteiger partial charge on any atom is -0.383 e. The summed E-state index contributed by atoms with van der Waals surface area (Å²) >= 11 is 0. The molecule has 0 aliphatic carbocycles. The Kier molecular flexibility index (Phi) is 5.87. The van der Waals surface area contributed by atoms with E-state index in [1.165, 1.54) is 12.1 Å². The number of methoxy groups -OCH3 is 1. The molecule has 0 bridgehead atoms. The van der Waals surface area contributed by atoms with Crippen LogP contribution in [0.25, 0.3) is 0 Å². The van der Waals surface area contributed by atoms with E-state index in [-0.39, 0.29) is 35.1 Å². The van der Waals surface area contributed by atoms with Gasteiger partial charge in [0.25, 0.3) is 5.91 Å². The monoisotopic (exact) mass is 511 g/mol. The molecule has 1 aromatic carbocycles. The molecule has 0 saturated carbocycles. The normalized spacial score (nSPS) is 26.0. The predicted molar refractivity (Wildman–Crippen MR) is 129 cm³/mol. The first kappa shape index (κ1) is 19.5. The third kappa shape index (κ3) is 5.71. The molecule has 3 heterocycles. The molecule has 2 saturated heterocycles. The van der Waals surface area contributed by atoms with Crippen LogP contribution in [0.5, 0.6) is 0 Å². The van der Waals surface area contributed by atoms with Crippen molar-refractivity contribution < 1.29 is 30.9 Å². The molecular formula is C26H34F3N5O2.